The van der Waals surface area contributed by atoms with Crippen LogP contribution in [0.4, 0.5) is 11.5 Å². The molecule has 6 aliphatic rings. The molecule has 2 aliphatic heterocycles. The zero-order chi connectivity index (χ0) is 34.7. The molecule has 10 heteroatoms. The van der Waals surface area contributed by atoms with Gasteiger partial charge in [0, 0.05) is 42.5 Å². The zero-order valence-electron chi connectivity index (χ0n) is 30.1. The van der Waals surface area contributed by atoms with Crippen LogP contribution in [0.1, 0.15) is 101 Å². The SMILES string of the molecule is CCOC(=O)[C@H]1CCC2(CC1)C[C@H](N1CCC(c3cnc(C45CC6CCN(c7cc(-c8ccccc8O)nnc7N)CC(C4)C5C6)nc3)CC1)C2. The molecule has 0 amide bonds. The number of benzene rings is 1. The van der Waals surface area contributed by atoms with Crippen molar-refractivity contribution in [1.82, 2.24) is 25.1 Å². The van der Waals surface area contributed by atoms with Crippen molar-refractivity contribution in [3.63, 3.8) is 0 Å². The van der Waals surface area contributed by atoms with Gasteiger partial charge in [-0.1, -0.05) is 12.1 Å². The molecule has 4 aliphatic carbocycles. The van der Waals surface area contributed by atoms with E-state index in [1.54, 1.807) is 6.07 Å². The molecule has 6 fully saturated rings. The van der Waals surface area contributed by atoms with Crippen molar-refractivity contribution in [2.75, 3.05) is 43.4 Å². The zero-order valence-corrected chi connectivity index (χ0v) is 30.1. The van der Waals surface area contributed by atoms with Gasteiger partial charge in [-0.2, -0.15) is 0 Å². The van der Waals surface area contributed by atoms with Crippen LogP contribution in [0.15, 0.2) is 42.7 Å². The van der Waals surface area contributed by atoms with Gasteiger partial charge in [0.1, 0.15) is 11.6 Å². The Kier molecular flexibility index (Phi) is 8.44. The molecular weight excluding hydrogens is 638 g/mol. The van der Waals surface area contributed by atoms with E-state index in [4.69, 9.17) is 20.4 Å². The van der Waals surface area contributed by atoms with Crippen molar-refractivity contribution in [3.8, 4) is 17.0 Å². The van der Waals surface area contributed by atoms with Crippen molar-refractivity contribution < 1.29 is 14.6 Å². The van der Waals surface area contributed by atoms with Gasteiger partial charge in [-0.05, 0) is 150 Å². The first-order chi connectivity index (χ1) is 24.8. The molecular formula is C41H53N7O3. The van der Waals surface area contributed by atoms with E-state index in [1.807, 2.05) is 31.2 Å². The lowest BCUT2D eigenvalue weighted by atomic mass is 9.54. The monoisotopic (exact) mass is 691 g/mol. The first-order valence-corrected chi connectivity index (χ1v) is 19.7. The first-order valence-electron chi connectivity index (χ1n) is 19.7. The second-order valence-electron chi connectivity index (χ2n) is 17.0. The number of para-hydroxylation sites is 1. The van der Waals surface area contributed by atoms with Crippen LogP contribution >= 0.6 is 0 Å². The highest BCUT2D eigenvalue weighted by Crippen LogP contribution is 2.64. The quantitative estimate of drug-likeness (QED) is 0.265. The third kappa shape index (κ3) is 5.85. The highest BCUT2D eigenvalue weighted by Gasteiger charge is 2.62. The number of piperidine rings is 1. The van der Waals surface area contributed by atoms with Gasteiger partial charge in [0.25, 0.3) is 0 Å². The number of nitrogens with two attached hydrogens (primary N) is 1. The van der Waals surface area contributed by atoms with Crippen LogP contribution < -0.4 is 10.6 Å². The lowest BCUT2D eigenvalue weighted by Gasteiger charge is -2.55. The molecule has 4 saturated carbocycles. The number of hydrogen-bond donors (Lipinski definition) is 2. The number of aromatic nitrogens is 4. The average Bonchev–Trinajstić information content (AvgIpc) is 3.49. The van der Waals surface area contributed by atoms with Crippen LogP contribution in [0.3, 0.4) is 0 Å². The molecule has 9 rings (SSSR count). The predicted molar refractivity (Wildman–Crippen MR) is 196 cm³/mol. The summed E-state index contributed by atoms with van der Waals surface area (Å²) in [7, 11) is 0. The number of esters is 1. The summed E-state index contributed by atoms with van der Waals surface area (Å²) < 4.78 is 5.30. The molecule has 2 saturated heterocycles. The van der Waals surface area contributed by atoms with Crippen LogP contribution in [-0.4, -0.2) is 75.0 Å². The van der Waals surface area contributed by atoms with Crippen molar-refractivity contribution in [2.45, 2.75) is 101 Å². The summed E-state index contributed by atoms with van der Waals surface area (Å²) in [5.41, 5.74) is 10.6. The first kappa shape index (κ1) is 33.1. The fourth-order valence-electron chi connectivity index (χ4n) is 11.6. The highest BCUT2D eigenvalue weighted by molar-refractivity contribution is 5.74. The molecule has 270 valence electrons. The number of fused-ring (bicyclic) bond motifs is 1. The number of carbonyl (C=O) groups is 1. The molecule has 3 aromatic rings. The predicted octanol–water partition coefficient (Wildman–Crippen LogP) is 6.50. The van der Waals surface area contributed by atoms with E-state index in [1.165, 1.54) is 56.9 Å². The van der Waals surface area contributed by atoms with Gasteiger partial charge in [0.2, 0.25) is 0 Å². The Morgan fingerprint density at radius 3 is 2.49 bits per heavy atom. The lowest BCUT2D eigenvalue weighted by Crippen LogP contribution is -2.54. The Labute approximate surface area is 301 Å². The normalized spacial score (nSPS) is 33.6. The number of nitrogens with zero attached hydrogens (tertiary/aromatic N) is 6. The summed E-state index contributed by atoms with van der Waals surface area (Å²) in [6.07, 6.45) is 18.4. The van der Waals surface area contributed by atoms with E-state index in [9.17, 15) is 9.90 Å². The van der Waals surface area contributed by atoms with E-state index in [0.717, 1.165) is 63.4 Å². The third-order valence-electron chi connectivity index (χ3n) is 14.4. The number of nitrogen functional groups attached to an aromatic ring is 1. The number of ether oxygens (including phenoxy) is 1. The molecule has 1 spiro atoms. The number of hydrogen-bond acceptors (Lipinski definition) is 10. The third-order valence-corrected chi connectivity index (χ3v) is 14.4. The van der Waals surface area contributed by atoms with Crippen molar-refractivity contribution in [2.24, 2.45) is 29.1 Å². The fraction of sp³-hybridized carbons (Fsp3) is 0.634. The van der Waals surface area contributed by atoms with E-state index >= 15 is 0 Å². The van der Waals surface area contributed by atoms with Crippen LogP contribution in [0.25, 0.3) is 11.3 Å². The minimum atomic E-state index is 0.0228. The minimum absolute atomic E-state index is 0.0228. The number of phenols is 1. The fourth-order valence-corrected chi connectivity index (χ4v) is 11.6. The standard InChI is InChI=1S/C41H53N7O3/c1-2-51-38(50)28-7-12-40(13-8-28)21-31(22-40)47-15-10-27(11-16-47)30-23-43-39(44-24-30)41-19-26-9-14-48(25-29(20-41)33(41)17-26)35-18-34(45-46-37(35)42)32-5-3-4-6-36(32)49/h3-6,18,23-24,26-29,31,33,49H,2,7-17,19-22,25H2,1H3,(H2,42,46)/t26?,28-,29?,31-,33?,40?,41?. The smallest absolute Gasteiger partial charge is 0.308 e. The van der Waals surface area contributed by atoms with Gasteiger partial charge in [-0.15, -0.1) is 10.2 Å². The maximum absolute atomic E-state index is 12.2. The van der Waals surface area contributed by atoms with Crippen LogP contribution in [-0.2, 0) is 14.9 Å². The van der Waals surface area contributed by atoms with Crippen molar-refractivity contribution >= 4 is 17.5 Å². The van der Waals surface area contributed by atoms with E-state index in [-0.39, 0.29) is 23.1 Å². The maximum atomic E-state index is 12.2. The second kappa shape index (κ2) is 13.0. The van der Waals surface area contributed by atoms with Crippen molar-refractivity contribution in [1.29, 1.82) is 0 Å². The summed E-state index contributed by atoms with van der Waals surface area (Å²) >= 11 is 0. The summed E-state index contributed by atoms with van der Waals surface area (Å²) in [6.45, 7) is 6.61. The molecule has 3 N–H and O–H groups in total. The molecule has 1 aromatic carbocycles. The molecule has 10 nitrogen and oxygen atoms in total. The number of likely N-dealkylation sites (tertiary alicyclic amines) is 1. The molecule has 2 aromatic heterocycles. The summed E-state index contributed by atoms with van der Waals surface area (Å²) in [5, 5.41) is 19.1. The Hall–Kier alpha value is -3.79. The molecule has 51 heavy (non-hydrogen) atoms. The molecule has 4 heterocycles. The van der Waals surface area contributed by atoms with Gasteiger partial charge in [0.15, 0.2) is 5.82 Å². The van der Waals surface area contributed by atoms with Gasteiger partial charge in [-0.3, -0.25) is 4.79 Å². The van der Waals surface area contributed by atoms with Gasteiger partial charge in [-0.25, -0.2) is 9.97 Å². The largest absolute Gasteiger partial charge is 0.507 e. The Balaban J connectivity index is 0.804. The maximum Gasteiger partial charge on any atom is 0.308 e. The summed E-state index contributed by atoms with van der Waals surface area (Å²) in [4.78, 5) is 27.7. The van der Waals surface area contributed by atoms with E-state index in [2.05, 4.69) is 32.4 Å². The van der Waals surface area contributed by atoms with Gasteiger partial charge < -0.3 is 25.4 Å². The Morgan fingerprint density at radius 2 is 1.75 bits per heavy atom. The Bertz CT molecular complexity index is 1740. The summed E-state index contributed by atoms with van der Waals surface area (Å²) in [5.74, 6) is 4.23. The van der Waals surface area contributed by atoms with E-state index in [0.29, 0.717) is 58.8 Å². The highest BCUT2D eigenvalue weighted by atomic mass is 16.5. The lowest BCUT2D eigenvalue weighted by molar-refractivity contribution is -0.151. The molecule has 4 unspecified atom stereocenters. The molecule has 0 radical (unpaired) electrons. The van der Waals surface area contributed by atoms with E-state index < -0.39 is 0 Å². The number of carbonyl (C=O) groups excluding carboxylic acids is 1. The van der Waals surface area contributed by atoms with Crippen LogP contribution in [0.2, 0.25) is 0 Å². The average molecular weight is 692 g/mol. The molecule has 2 bridgehead atoms. The molecule has 4 atom stereocenters. The number of rotatable bonds is 7. The van der Waals surface area contributed by atoms with Gasteiger partial charge in [0.05, 0.1) is 23.9 Å². The van der Waals surface area contributed by atoms with Crippen LogP contribution in [0, 0.1) is 29.1 Å². The van der Waals surface area contributed by atoms with Gasteiger partial charge >= 0.3 is 5.97 Å². The topological polar surface area (TPSA) is 131 Å². The Morgan fingerprint density at radius 1 is 0.980 bits per heavy atom. The summed E-state index contributed by atoms with van der Waals surface area (Å²) in [6, 6.07) is 9.98. The number of anilines is 2. The van der Waals surface area contributed by atoms with Crippen LogP contribution in [0.5, 0.6) is 5.75 Å². The minimum Gasteiger partial charge on any atom is -0.507 e. The second-order valence-corrected chi connectivity index (χ2v) is 17.0. The number of phenolic OH excluding ortho intramolecular Hbond substituents is 1. The number of aromatic hydroxyl groups is 1. The van der Waals surface area contributed by atoms with Crippen molar-refractivity contribution in [3.05, 3.63) is 54.1 Å².